The lowest BCUT2D eigenvalue weighted by Crippen LogP contribution is -2.37. The van der Waals surface area contributed by atoms with E-state index in [1.165, 1.54) is 0 Å². The molecule has 1 aliphatic carbocycles. The van der Waals surface area contributed by atoms with Gasteiger partial charge in [0.1, 0.15) is 0 Å². The lowest BCUT2D eigenvalue weighted by atomic mass is 9.75. The van der Waals surface area contributed by atoms with Crippen LogP contribution in [0.2, 0.25) is 0 Å². The minimum atomic E-state index is -0.831. The summed E-state index contributed by atoms with van der Waals surface area (Å²) in [6.07, 6.45) is 4.41. The highest BCUT2D eigenvalue weighted by Crippen LogP contribution is 2.44. The molecule has 0 radical (unpaired) electrons. The van der Waals surface area contributed by atoms with Crippen LogP contribution in [0.1, 0.15) is 52.4 Å². The Kier molecular flexibility index (Phi) is 3.20. The van der Waals surface area contributed by atoms with Crippen LogP contribution < -0.4 is 0 Å². The molecule has 0 aromatic carbocycles. The fourth-order valence-electron chi connectivity index (χ4n) is 2.37. The predicted molar refractivity (Wildman–Crippen MR) is 54.1 cm³/mol. The second-order valence-corrected chi connectivity index (χ2v) is 4.82. The number of carboxylic acid groups (broad SMARTS) is 1. The normalized spacial score (nSPS) is 24.5. The maximum absolute atomic E-state index is 11.2. The largest absolute Gasteiger partial charge is 0.481 e. The molecule has 1 saturated carbocycles. The predicted octanol–water partition coefficient (Wildman–Crippen LogP) is 2.18. The summed E-state index contributed by atoms with van der Waals surface area (Å²) in [5, 5.41) is 19.1. The Bertz CT molecular complexity index is 215. The first kappa shape index (κ1) is 11.5. The zero-order valence-corrected chi connectivity index (χ0v) is 9.05. The van der Waals surface area contributed by atoms with E-state index < -0.39 is 17.0 Å². The molecular formula is C11H20O3. The van der Waals surface area contributed by atoms with E-state index in [9.17, 15) is 15.0 Å². The summed E-state index contributed by atoms with van der Waals surface area (Å²) < 4.78 is 0. The Labute approximate surface area is 85.1 Å². The van der Waals surface area contributed by atoms with Crippen molar-refractivity contribution in [2.75, 3.05) is 0 Å². The maximum Gasteiger partial charge on any atom is 0.309 e. The van der Waals surface area contributed by atoms with Gasteiger partial charge in [-0.2, -0.15) is 0 Å². The van der Waals surface area contributed by atoms with Crippen molar-refractivity contribution in [3.05, 3.63) is 0 Å². The Morgan fingerprint density at radius 2 is 1.93 bits per heavy atom. The van der Waals surface area contributed by atoms with Crippen molar-refractivity contribution >= 4 is 5.97 Å². The molecule has 1 atom stereocenters. The van der Waals surface area contributed by atoms with Crippen molar-refractivity contribution < 1.29 is 15.0 Å². The summed E-state index contributed by atoms with van der Waals surface area (Å²) in [7, 11) is 0. The van der Waals surface area contributed by atoms with Gasteiger partial charge in [0.05, 0.1) is 11.0 Å². The van der Waals surface area contributed by atoms with Gasteiger partial charge in [0.15, 0.2) is 0 Å². The highest BCUT2D eigenvalue weighted by Gasteiger charge is 2.45. The first-order valence-corrected chi connectivity index (χ1v) is 5.38. The van der Waals surface area contributed by atoms with Crippen molar-refractivity contribution in [3.63, 3.8) is 0 Å². The van der Waals surface area contributed by atoms with Crippen LogP contribution in [-0.2, 0) is 4.79 Å². The molecular weight excluding hydrogens is 180 g/mol. The fraction of sp³-hybridized carbons (Fsp3) is 0.909. The summed E-state index contributed by atoms with van der Waals surface area (Å²) in [5.74, 6) is -0.733. The standard InChI is InChI=1S/C11H20O3/c1-3-10(2,14)8-11(9(12)13)6-4-5-7-11/h14H,3-8H2,1-2H3,(H,12,13). The third-order valence-electron chi connectivity index (χ3n) is 3.50. The SMILES string of the molecule is CCC(C)(O)CC1(C(=O)O)CCCC1. The minimum absolute atomic E-state index is 0.395. The number of hydrogen-bond acceptors (Lipinski definition) is 2. The van der Waals surface area contributed by atoms with Crippen molar-refractivity contribution in [1.82, 2.24) is 0 Å². The number of rotatable bonds is 4. The molecule has 0 aromatic rings. The summed E-state index contributed by atoms with van der Waals surface area (Å²) >= 11 is 0. The zero-order chi connectivity index (χ0) is 10.8. The van der Waals surface area contributed by atoms with Gasteiger partial charge in [-0.3, -0.25) is 4.79 Å². The van der Waals surface area contributed by atoms with Crippen LogP contribution in [0.5, 0.6) is 0 Å². The summed E-state index contributed by atoms with van der Waals surface area (Å²) in [5.41, 5.74) is -1.48. The summed E-state index contributed by atoms with van der Waals surface area (Å²) in [6.45, 7) is 3.63. The lowest BCUT2D eigenvalue weighted by Gasteiger charge is -2.32. The number of carboxylic acids is 1. The van der Waals surface area contributed by atoms with Gasteiger partial charge < -0.3 is 10.2 Å². The molecule has 3 heteroatoms. The Morgan fingerprint density at radius 1 is 1.43 bits per heavy atom. The molecule has 1 aliphatic rings. The first-order valence-electron chi connectivity index (χ1n) is 5.38. The molecule has 1 unspecified atom stereocenters. The van der Waals surface area contributed by atoms with Crippen molar-refractivity contribution in [3.8, 4) is 0 Å². The Hall–Kier alpha value is -0.570. The molecule has 0 bridgehead atoms. The van der Waals surface area contributed by atoms with Gasteiger partial charge in [0.2, 0.25) is 0 Å². The van der Waals surface area contributed by atoms with Crippen LogP contribution >= 0.6 is 0 Å². The third-order valence-corrected chi connectivity index (χ3v) is 3.50. The second-order valence-electron chi connectivity index (χ2n) is 4.82. The van der Waals surface area contributed by atoms with E-state index in [1.807, 2.05) is 6.92 Å². The molecule has 3 nitrogen and oxygen atoms in total. The van der Waals surface area contributed by atoms with Gasteiger partial charge in [0.25, 0.3) is 0 Å². The summed E-state index contributed by atoms with van der Waals surface area (Å²) in [4.78, 5) is 11.2. The Balaban J connectivity index is 2.75. The van der Waals surface area contributed by atoms with Crippen LogP contribution in [0.3, 0.4) is 0 Å². The molecule has 0 heterocycles. The van der Waals surface area contributed by atoms with Crippen LogP contribution in [0.4, 0.5) is 0 Å². The van der Waals surface area contributed by atoms with Gasteiger partial charge in [-0.1, -0.05) is 19.8 Å². The minimum Gasteiger partial charge on any atom is -0.481 e. The van der Waals surface area contributed by atoms with E-state index in [0.29, 0.717) is 12.8 Å². The van der Waals surface area contributed by atoms with Crippen LogP contribution in [0.15, 0.2) is 0 Å². The van der Waals surface area contributed by atoms with Crippen molar-refractivity contribution in [2.24, 2.45) is 5.41 Å². The molecule has 2 N–H and O–H groups in total. The zero-order valence-electron chi connectivity index (χ0n) is 9.05. The molecule has 1 fully saturated rings. The van der Waals surface area contributed by atoms with Gasteiger partial charge in [0, 0.05) is 0 Å². The van der Waals surface area contributed by atoms with E-state index in [2.05, 4.69) is 0 Å². The maximum atomic E-state index is 11.2. The van der Waals surface area contributed by atoms with E-state index in [0.717, 1.165) is 25.7 Å². The highest BCUT2D eigenvalue weighted by molar-refractivity contribution is 5.75. The van der Waals surface area contributed by atoms with Gasteiger partial charge in [-0.15, -0.1) is 0 Å². The molecule has 0 amide bonds. The van der Waals surface area contributed by atoms with Crippen LogP contribution in [0.25, 0.3) is 0 Å². The smallest absolute Gasteiger partial charge is 0.309 e. The number of carbonyl (C=O) groups is 1. The molecule has 1 rings (SSSR count). The first-order chi connectivity index (χ1) is 6.42. The van der Waals surface area contributed by atoms with Gasteiger partial charge >= 0.3 is 5.97 Å². The van der Waals surface area contributed by atoms with E-state index in [-0.39, 0.29) is 0 Å². The number of aliphatic hydroxyl groups is 1. The van der Waals surface area contributed by atoms with Crippen molar-refractivity contribution in [1.29, 1.82) is 0 Å². The topological polar surface area (TPSA) is 57.5 Å². The quantitative estimate of drug-likeness (QED) is 0.731. The van der Waals surface area contributed by atoms with E-state index in [1.54, 1.807) is 6.92 Å². The van der Waals surface area contributed by atoms with Gasteiger partial charge in [-0.05, 0) is 32.6 Å². The van der Waals surface area contributed by atoms with E-state index in [4.69, 9.17) is 0 Å². The third kappa shape index (κ3) is 2.27. The van der Waals surface area contributed by atoms with Gasteiger partial charge in [-0.25, -0.2) is 0 Å². The number of aliphatic carboxylic acids is 1. The molecule has 14 heavy (non-hydrogen) atoms. The van der Waals surface area contributed by atoms with Crippen LogP contribution in [0, 0.1) is 5.41 Å². The average Bonchev–Trinajstić information content (AvgIpc) is 2.53. The molecule has 0 aliphatic heterocycles. The molecule has 0 spiro atoms. The average molecular weight is 200 g/mol. The molecule has 82 valence electrons. The molecule has 0 saturated heterocycles. The number of hydrogen-bond donors (Lipinski definition) is 2. The second kappa shape index (κ2) is 3.89. The molecule has 0 aromatic heterocycles. The highest BCUT2D eigenvalue weighted by atomic mass is 16.4. The van der Waals surface area contributed by atoms with Crippen LogP contribution in [-0.4, -0.2) is 21.8 Å². The van der Waals surface area contributed by atoms with E-state index >= 15 is 0 Å². The monoisotopic (exact) mass is 200 g/mol. The summed E-state index contributed by atoms with van der Waals surface area (Å²) in [6, 6.07) is 0. The lowest BCUT2D eigenvalue weighted by molar-refractivity contribution is -0.152. The Morgan fingerprint density at radius 3 is 2.29 bits per heavy atom. The fourth-order valence-corrected chi connectivity index (χ4v) is 2.37. The van der Waals surface area contributed by atoms with Crippen molar-refractivity contribution in [2.45, 2.75) is 58.0 Å².